The van der Waals surface area contributed by atoms with E-state index in [1.54, 1.807) is 0 Å². The molecule has 1 aliphatic heterocycles. The van der Waals surface area contributed by atoms with Crippen molar-refractivity contribution < 1.29 is 19.1 Å². The van der Waals surface area contributed by atoms with E-state index in [1.165, 1.54) is 22.3 Å². The van der Waals surface area contributed by atoms with Gasteiger partial charge in [0.2, 0.25) is 0 Å². The van der Waals surface area contributed by atoms with E-state index < -0.39 is 17.1 Å². The van der Waals surface area contributed by atoms with Gasteiger partial charge in [-0.1, -0.05) is 62.4 Å². The van der Waals surface area contributed by atoms with Gasteiger partial charge in [-0.25, -0.2) is 0 Å². The quantitative estimate of drug-likeness (QED) is 0.729. The second-order valence-corrected chi connectivity index (χ2v) is 10.8. The highest BCUT2D eigenvalue weighted by Crippen LogP contribution is 2.73. The Balaban J connectivity index is 1.40. The zero-order chi connectivity index (χ0) is 22.9. The van der Waals surface area contributed by atoms with Gasteiger partial charge in [-0.3, -0.25) is 9.59 Å². The van der Waals surface area contributed by atoms with Crippen molar-refractivity contribution in [2.75, 3.05) is 13.2 Å². The van der Waals surface area contributed by atoms with E-state index in [0.717, 1.165) is 0 Å². The lowest BCUT2D eigenvalue weighted by Gasteiger charge is -2.29. The molecule has 3 aliphatic rings. The lowest BCUT2D eigenvalue weighted by molar-refractivity contribution is -0.167. The molecule has 2 aromatic carbocycles. The van der Waals surface area contributed by atoms with Crippen molar-refractivity contribution in [2.45, 2.75) is 52.2 Å². The van der Waals surface area contributed by atoms with E-state index in [2.05, 4.69) is 43.4 Å². The third kappa shape index (κ3) is 2.87. The van der Waals surface area contributed by atoms with Crippen molar-refractivity contribution in [1.82, 2.24) is 5.32 Å². The summed E-state index contributed by atoms with van der Waals surface area (Å²) in [4.78, 5) is 26.6. The Bertz CT molecular complexity index is 1050. The fraction of sp³-hybridized carbons (Fsp3) is 0.481. The minimum atomic E-state index is -0.882. The topological polar surface area (TPSA) is 64.6 Å². The molecule has 0 bridgehead atoms. The Morgan fingerprint density at radius 2 is 1.56 bits per heavy atom. The molecule has 5 heteroatoms. The Labute approximate surface area is 189 Å². The van der Waals surface area contributed by atoms with Crippen LogP contribution < -0.4 is 5.32 Å². The first-order chi connectivity index (χ1) is 15.1. The predicted molar refractivity (Wildman–Crippen MR) is 122 cm³/mol. The molecule has 168 valence electrons. The van der Waals surface area contributed by atoms with Gasteiger partial charge in [-0.15, -0.1) is 0 Å². The molecule has 2 fully saturated rings. The molecular formula is C27H31NO4. The van der Waals surface area contributed by atoms with Crippen molar-refractivity contribution in [3.8, 4) is 11.1 Å². The molecular weight excluding hydrogens is 402 g/mol. The number of fused-ring (bicyclic) bond motifs is 4. The van der Waals surface area contributed by atoms with Gasteiger partial charge in [-0.2, -0.15) is 0 Å². The number of piperidine rings is 1. The first-order valence-corrected chi connectivity index (χ1v) is 11.4. The summed E-state index contributed by atoms with van der Waals surface area (Å²) in [5.41, 5.74) is 2.94. The van der Waals surface area contributed by atoms with Gasteiger partial charge in [0.15, 0.2) is 0 Å². The Morgan fingerprint density at radius 3 is 2.09 bits per heavy atom. The first kappa shape index (κ1) is 21.2. The average Bonchev–Trinajstić information content (AvgIpc) is 3.06. The van der Waals surface area contributed by atoms with Crippen LogP contribution in [0.1, 0.15) is 51.7 Å². The molecule has 0 spiro atoms. The van der Waals surface area contributed by atoms with Crippen LogP contribution in [0.15, 0.2) is 48.5 Å². The van der Waals surface area contributed by atoms with Crippen LogP contribution in [0.4, 0.5) is 0 Å². The molecule has 2 aromatic rings. The second-order valence-electron chi connectivity index (χ2n) is 10.8. The highest BCUT2D eigenvalue weighted by Gasteiger charge is 2.83. The molecule has 2 aliphatic carbocycles. The molecule has 5 nitrogen and oxygen atoms in total. The van der Waals surface area contributed by atoms with Crippen LogP contribution in [-0.4, -0.2) is 36.7 Å². The summed E-state index contributed by atoms with van der Waals surface area (Å²) in [6.45, 7) is 10.5. The third-order valence-electron chi connectivity index (χ3n) is 7.71. The number of benzene rings is 2. The monoisotopic (exact) mass is 433 g/mol. The largest absolute Gasteiger partial charge is 0.464 e. The Morgan fingerprint density at radius 1 is 1.00 bits per heavy atom. The highest BCUT2D eigenvalue weighted by atomic mass is 16.6. The van der Waals surface area contributed by atoms with E-state index in [4.69, 9.17) is 9.47 Å². The number of hydrogen-bond donors (Lipinski definition) is 1. The van der Waals surface area contributed by atoms with Crippen LogP contribution in [0, 0.1) is 16.7 Å². The SMILES string of the molecule is CC(C)(C)OC(=O)[C@H]1NC[C@H]2C(C)(C)[C@@]12C(=O)OCC1c2ccccc2-c2ccccc21. The van der Waals surface area contributed by atoms with E-state index in [0.29, 0.717) is 6.54 Å². The lowest BCUT2D eigenvalue weighted by Crippen LogP contribution is -2.49. The molecule has 5 rings (SSSR count). The maximum atomic E-state index is 13.6. The summed E-state index contributed by atoms with van der Waals surface area (Å²) in [5, 5.41) is 3.24. The normalized spacial score (nSPS) is 27.3. The van der Waals surface area contributed by atoms with Crippen molar-refractivity contribution in [3.05, 3.63) is 59.7 Å². The van der Waals surface area contributed by atoms with E-state index in [1.807, 2.05) is 45.0 Å². The molecule has 32 heavy (non-hydrogen) atoms. The summed E-state index contributed by atoms with van der Waals surface area (Å²) in [6.07, 6.45) is 0. The molecule has 1 saturated carbocycles. The van der Waals surface area contributed by atoms with Gasteiger partial charge in [0.05, 0.1) is 0 Å². The summed E-state index contributed by atoms with van der Waals surface area (Å²) in [7, 11) is 0. The van der Waals surface area contributed by atoms with Gasteiger partial charge in [0.1, 0.15) is 23.7 Å². The predicted octanol–water partition coefficient (Wildman–Crippen LogP) is 4.30. The van der Waals surface area contributed by atoms with Crippen molar-refractivity contribution in [3.63, 3.8) is 0 Å². The minimum Gasteiger partial charge on any atom is -0.464 e. The lowest BCUT2D eigenvalue weighted by atomic mass is 9.88. The summed E-state index contributed by atoms with van der Waals surface area (Å²) in [5.74, 6) is -0.616. The Hall–Kier alpha value is -2.66. The number of hydrogen-bond acceptors (Lipinski definition) is 5. The summed E-state index contributed by atoms with van der Waals surface area (Å²) < 4.78 is 11.7. The number of carbonyl (C=O) groups is 2. The van der Waals surface area contributed by atoms with E-state index in [-0.39, 0.29) is 35.8 Å². The zero-order valence-electron chi connectivity index (χ0n) is 19.4. The Kier molecular flexibility index (Phi) is 4.58. The molecule has 1 heterocycles. The van der Waals surface area contributed by atoms with Gasteiger partial charge < -0.3 is 14.8 Å². The van der Waals surface area contributed by atoms with E-state index >= 15 is 0 Å². The van der Waals surface area contributed by atoms with Crippen LogP contribution in [0.25, 0.3) is 11.1 Å². The van der Waals surface area contributed by atoms with Crippen LogP contribution in [0.5, 0.6) is 0 Å². The first-order valence-electron chi connectivity index (χ1n) is 11.4. The average molecular weight is 434 g/mol. The van der Waals surface area contributed by atoms with Crippen LogP contribution in [0.3, 0.4) is 0 Å². The number of esters is 2. The fourth-order valence-corrected chi connectivity index (χ4v) is 6.16. The minimum absolute atomic E-state index is 0.00241. The molecule has 0 aromatic heterocycles. The number of rotatable bonds is 4. The van der Waals surface area contributed by atoms with Crippen LogP contribution >= 0.6 is 0 Å². The molecule has 0 radical (unpaired) electrons. The highest BCUT2D eigenvalue weighted by molar-refractivity contribution is 5.93. The maximum absolute atomic E-state index is 13.6. The number of carbonyl (C=O) groups excluding carboxylic acids is 2. The number of nitrogens with one attached hydrogen (secondary N) is 1. The molecule has 1 N–H and O–H groups in total. The second kappa shape index (κ2) is 6.92. The molecule has 0 amide bonds. The van der Waals surface area contributed by atoms with Gasteiger partial charge in [0, 0.05) is 12.5 Å². The maximum Gasteiger partial charge on any atom is 0.324 e. The summed E-state index contributed by atoms with van der Waals surface area (Å²) >= 11 is 0. The van der Waals surface area contributed by atoms with Crippen LogP contribution in [0.2, 0.25) is 0 Å². The van der Waals surface area contributed by atoms with Crippen LogP contribution in [-0.2, 0) is 19.1 Å². The van der Waals surface area contributed by atoms with Crippen molar-refractivity contribution >= 4 is 11.9 Å². The van der Waals surface area contributed by atoms with Gasteiger partial charge in [-0.05, 0) is 54.4 Å². The summed E-state index contributed by atoms with van der Waals surface area (Å²) in [6, 6.07) is 15.9. The van der Waals surface area contributed by atoms with Crippen molar-refractivity contribution in [1.29, 1.82) is 0 Å². The van der Waals surface area contributed by atoms with E-state index in [9.17, 15) is 9.59 Å². The smallest absolute Gasteiger partial charge is 0.324 e. The van der Waals surface area contributed by atoms with Crippen molar-refractivity contribution in [2.24, 2.45) is 16.7 Å². The van der Waals surface area contributed by atoms with Gasteiger partial charge >= 0.3 is 11.9 Å². The standard InChI is InChI=1S/C27H31NO4/c1-25(2,3)32-23(29)22-27(21(14-28-22)26(27,4)5)24(30)31-15-20-18-12-8-6-10-16(18)17-11-7-9-13-19(17)20/h6-13,20-22,28H,14-15H2,1-5H3/t21-,22+,27+/m0/s1. The third-order valence-corrected chi connectivity index (χ3v) is 7.71. The molecule has 3 atom stereocenters. The fourth-order valence-electron chi connectivity index (χ4n) is 6.16. The van der Waals surface area contributed by atoms with Gasteiger partial charge in [0.25, 0.3) is 0 Å². The number of ether oxygens (including phenoxy) is 2. The zero-order valence-corrected chi connectivity index (χ0v) is 19.4. The molecule has 0 unspecified atom stereocenters. The molecule has 1 saturated heterocycles.